The molecule has 1 aromatic heterocycles. The minimum Gasteiger partial charge on any atom is -0.393 e. The topological polar surface area (TPSA) is 71.9 Å². The fraction of sp³-hybridized carbons (Fsp3) is 0.143. The summed E-state index contributed by atoms with van der Waals surface area (Å²) in [5.41, 5.74) is 4.79. The second-order valence-electron chi connectivity index (χ2n) is 2.36. The molecule has 1 heterocycles. The summed E-state index contributed by atoms with van der Waals surface area (Å²) in [6.07, 6.45) is -3.79. The van der Waals surface area contributed by atoms with Crippen LogP contribution in [-0.2, 0) is 0 Å². The number of rotatable bonds is 1. The lowest BCUT2D eigenvalue weighted by Gasteiger charge is -2.10. The number of halogens is 4. The molecule has 0 saturated heterocycles. The number of aromatic nitrogens is 1. The third kappa shape index (κ3) is 2.85. The van der Waals surface area contributed by atoms with Gasteiger partial charge in [-0.2, -0.15) is 5.26 Å². The molecular formula is C7H3F3IN3O. The Hall–Kier alpha value is -1.24. The van der Waals surface area contributed by atoms with Crippen LogP contribution in [-0.4, -0.2) is 11.3 Å². The van der Waals surface area contributed by atoms with Crippen molar-refractivity contribution in [2.24, 2.45) is 0 Å². The number of nitrogens with zero attached hydrogens (tertiary/aromatic N) is 2. The molecule has 0 aliphatic rings. The molecule has 8 heteroatoms. The maximum Gasteiger partial charge on any atom is 0.574 e. The summed E-state index contributed by atoms with van der Waals surface area (Å²) in [7, 11) is 0. The lowest BCUT2D eigenvalue weighted by molar-refractivity contribution is -0.275. The second-order valence-corrected chi connectivity index (χ2v) is 3.52. The molecule has 0 amide bonds. The van der Waals surface area contributed by atoms with Gasteiger partial charge in [-0.1, -0.05) is 0 Å². The van der Waals surface area contributed by atoms with E-state index in [1.807, 2.05) is 0 Å². The van der Waals surface area contributed by atoms with Crippen LogP contribution in [0.2, 0.25) is 0 Å². The molecular weight excluding hydrogens is 326 g/mol. The molecule has 1 aromatic rings. The Morgan fingerprint density at radius 2 is 2.13 bits per heavy atom. The molecule has 0 aliphatic carbocycles. The van der Waals surface area contributed by atoms with E-state index in [1.54, 1.807) is 28.7 Å². The molecule has 0 radical (unpaired) electrons. The zero-order valence-corrected chi connectivity index (χ0v) is 9.13. The average molecular weight is 329 g/mol. The Balaban J connectivity index is 3.18. The van der Waals surface area contributed by atoms with Crippen molar-refractivity contribution in [3.05, 3.63) is 15.3 Å². The number of nitrogen functional groups attached to an aromatic ring is 1. The number of nitrogens with two attached hydrogens (primary N) is 1. The molecule has 0 saturated carbocycles. The summed E-state index contributed by atoms with van der Waals surface area (Å²) in [4.78, 5) is 3.35. The smallest absolute Gasteiger partial charge is 0.393 e. The Morgan fingerprint density at radius 3 is 2.60 bits per heavy atom. The van der Waals surface area contributed by atoms with Crippen molar-refractivity contribution in [2.75, 3.05) is 5.73 Å². The van der Waals surface area contributed by atoms with Crippen molar-refractivity contribution < 1.29 is 17.9 Å². The fourth-order valence-corrected chi connectivity index (χ4v) is 1.34. The van der Waals surface area contributed by atoms with Gasteiger partial charge in [0.2, 0.25) is 5.88 Å². The molecule has 2 N–H and O–H groups in total. The Morgan fingerprint density at radius 1 is 1.53 bits per heavy atom. The molecule has 0 aromatic carbocycles. The van der Waals surface area contributed by atoms with Crippen LogP contribution < -0.4 is 10.5 Å². The monoisotopic (exact) mass is 329 g/mol. The number of anilines is 1. The highest BCUT2D eigenvalue weighted by atomic mass is 127. The van der Waals surface area contributed by atoms with Crippen molar-refractivity contribution >= 4 is 28.3 Å². The van der Waals surface area contributed by atoms with Crippen LogP contribution in [0.1, 0.15) is 5.56 Å². The van der Waals surface area contributed by atoms with Gasteiger partial charge in [0.25, 0.3) is 0 Å². The van der Waals surface area contributed by atoms with Gasteiger partial charge in [-0.15, -0.1) is 13.2 Å². The standard InChI is InChI=1S/C7H3F3IN3O/c8-7(9,10)15-6-5(13)3(1-12)4(11)2-14-6/h2H,13H2. The first kappa shape index (κ1) is 11.8. The van der Waals surface area contributed by atoms with Crippen LogP contribution in [0.5, 0.6) is 5.88 Å². The number of hydrogen-bond acceptors (Lipinski definition) is 4. The summed E-state index contributed by atoms with van der Waals surface area (Å²) in [6.45, 7) is 0. The van der Waals surface area contributed by atoms with Crippen LogP contribution in [0.15, 0.2) is 6.20 Å². The van der Waals surface area contributed by atoms with Gasteiger partial charge < -0.3 is 10.5 Å². The summed E-state index contributed by atoms with van der Waals surface area (Å²) in [6, 6.07) is 1.67. The highest BCUT2D eigenvalue weighted by Crippen LogP contribution is 2.30. The Bertz CT molecular complexity index is 427. The molecule has 15 heavy (non-hydrogen) atoms. The van der Waals surface area contributed by atoms with Crippen LogP contribution in [0.3, 0.4) is 0 Å². The summed E-state index contributed by atoms with van der Waals surface area (Å²) < 4.78 is 39.5. The molecule has 0 aliphatic heterocycles. The Labute approximate surface area is 96.0 Å². The van der Waals surface area contributed by atoms with Crippen molar-refractivity contribution in [3.8, 4) is 11.9 Å². The van der Waals surface area contributed by atoms with Crippen molar-refractivity contribution in [2.45, 2.75) is 6.36 Å². The number of hydrogen-bond donors (Lipinski definition) is 1. The van der Waals surface area contributed by atoms with Gasteiger partial charge in [0.05, 0.1) is 9.13 Å². The SMILES string of the molecule is N#Cc1c(I)cnc(OC(F)(F)F)c1N. The summed E-state index contributed by atoms with van der Waals surface area (Å²) in [5, 5.41) is 8.62. The minimum absolute atomic E-state index is 0.0788. The van der Waals surface area contributed by atoms with E-state index in [2.05, 4.69) is 9.72 Å². The van der Waals surface area contributed by atoms with Crippen molar-refractivity contribution in [1.82, 2.24) is 4.98 Å². The second kappa shape index (κ2) is 4.09. The molecule has 1 rings (SSSR count). The number of ether oxygens (including phenoxy) is 1. The van der Waals surface area contributed by atoms with Crippen molar-refractivity contribution in [3.63, 3.8) is 0 Å². The van der Waals surface area contributed by atoms with Crippen LogP contribution in [0.4, 0.5) is 18.9 Å². The Kier molecular flexibility index (Phi) is 3.23. The zero-order chi connectivity index (χ0) is 11.6. The van der Waals surface area contributed by atoms with Crippen molar-refractivity contribution in [1.29, 1.82) is 5.26 Å². The lowest BCUT2D eigenvalue weighted by atomic mass is 10.2. The fourth-order valence-electron chi connectivity index (χ4n) is 0.790. The molecule has 0 bridgehead atoms. The van der Waals surface area contributed by atoms with Gasteiger partial charge in [-0.05, 0) is 22.6 Å². The van der Waals surface area contributed by atoms with E-state index in [4.69, 9.17) is 11.0 Å². The molecule has 80 valence electrons. The highest BCUT2D eigenvalue weighted by Gasteiger charge is 2.33. The van der Waals surface area contributed by atoms with Gasteiger partial charge in [-0.25, -0.2) is 4.98 Å². The third-order valence-electron chi connectivity index (χ3n) is 1.36. The normalized spacial score (nSPS) is 10.9. The van der Waals surface area contributed by atoms with E-state index >= 15 is 0 Å². The van der Waals surface area contributed by atoms with Crippen LogP contribution in [0.25, 0.3) is 0 Å². The lowest BCUT2D eigenvalue weighted by Crippen LogP contribution is -2.19. The average Bonchev–Trinajstić information content (AvgIpc) is 2.09. The van der Waals surface area contributed by atoms with E-state index in [-0.39, 0.29) is 5.56 Å². The van der Waals surface area contributed by atoms with E-state index < -0.39 is 17.9 Å². The molecule has 4 nitrogen and oxygen atoms in total. The molecule has 0 fully saturated rings. The van der Waals surface area contributed by atoms with Gasteiger partial charge in [0, 0.05) is 6.20 Å². The van der Waals surface area contributed by atoms with Gasteiger partial charge in [0.1, 0.15) is 11.8 Å². The largest absolute Gasteiger partial charge is 0.574 e. The molecule has 0 unspecified atom stereocenters. The quantitative estimate of drug-likeness (QED) is 0.801. The molecule has 0 spiro atoms. The zero-order valence-electron chi connectivity index (χ0n) is 6.97. The van der Waals surface area contributed by atoms with E-state index in [0.29, 0.717) is 3.57 Å². The number of alkyl halides is 3. The number of nitriles is 1. The summed E-state index contributed by atoms with van der Waals surface area (Å²) >= 11 is 1.74. The maximum absolute atomic E-state index is 11.9. The maximum atomic E-state index is 11.9. The first-order chi connectivity index (χ1) is 6.85. The predicted octanol–water partition coefficient (Wildman–Crippen LogP) is 2.04. The van der Waals surface area contributed by atoms with Gasteiger partial charge in [-0.3, -0.25) is 0 Å². The van der Waals surface area contributed by atoms with Crippen LogP contribution >= 0.6 is 22.6 Å². The summed E-state index contributed by atoms with van der Waals surface area (Å²) in [5.74, 6) is -0.806. The highest BCUT2D eigenvalue weighted by molar-refractivity contribution is 14.1. The van der Waals surface area contributed by atoms with E-state index in [1.165, 1.54) is 0 Å². The minimum atomic E-state index is -4.87. The van der Waals surface area contributed by atoms with Crippen LogP contribution in [0, 0.1) is 14.9 Å². The van der Waals surface area contributed by atoms with E-state index in [9.17, 15) is 13.2 Å². The molecule has 0 atom stereocenters. The van der Waals surface area contributed by atoms with Gasteiger partial charge in [0.15, 0.2) is 0 Å². The third-order valence-corrected chi connectivity index (χ3v) is 2.18. The first-order valence-corrected chi connectivity index (χ1v) is 4.53. The van der Waals surface area contributed by atoms with Gasteiger partial charge >= 0.3 is 6.36 Å². The predicted molar refractivity (Wildman–Crippen MR) is 52.8 cm³/mol. The number of pyridine rings is 1. The van der Waals surface area contributed by atoms with E-state index in [0.717, 1.165) is 6.20 Å². The first-order valence-electron chi connectivity index (χ1n) is 3.45.